The van der Waals surface area contributed by atoms with Gasteiger partial charge in [-0.25, -0.2) is 4.79 Å². The summed E-state index contributed by atoms with van der Waals surface area (Å²) in [5.41, 5.74) is 0. The second-order valence-corrected chi connectivity index (χ2v) is 21.3. The van der Waals surface area contributed by atoms with Crippen molar-refractivity contribution in [2.24, 2.45) is 0 Å². The van der Waals surface area contributed by atoms with Crippen LogP contribution in [0, 0.1) is 0 Å². The molecule has 1 saturated heterocycles. The van der Waals surface area contributed by atoms with E-state index in [0.29, 0.717) is 19.3 Å². The number of unbranched alkanes of at least 4 members (excludes halogenated alkanes) is 22. The maximum atomic E-state index is 13.1. The summed E-state index contributed by atoms with van der Waals surface area (Å²) in [6.45, 7) is 5.76. The fourth-order valence-electron chi connectivity index (χ4n) is 8.97. The summed E-state index contributed by atoms with van der Waals surface area (Å²) in [7, 11) is 0. The molecule has 0 aromatic carbocycles. The molecular formula is C69H112O12. The number of aliphatic carboxylic acids is 1. The molecular weight excluding hydrogens is 1020 g/mol. The van der Waals surface area contributed by atoms with Gasteiger partial charge in [-0.3, -0.25) is 14.4 Å². The Morgan fingerprint density at radius 2 is 0.815 bits per heavy atom. The fourth-order valence-corrected chi connectivity index (χ4v) is 8.97. The highest BCUT2D eigenvalue weighted by molar-refractivity contribution is 5.74. The smallest absolute Gasteiger partial charge is 0.335 e. The summed E-state index contributed by atoms with van der Waals surface area (Å²) in [6, 6.07) is 0. The first kappa shape index (κ1) is 74.4. The fraction of sp³-hybridized carbons (Fsp3) is 0.681. The first-order valence-electron chi connectivity index (χ1n) is 31.9. The number of aliphatic hydroxyl groups is 2. The van der Waals surface area contributed by atoms with Crippen LogP contribution in [0.4, 0.5) is 0 Å². The van der Waals surface area contributed by atoms with Crippen molar-refractivity contribution in [3.63, 3.8) is 0 Å². The van der Waals surface area contributed by atoms with Gasteiger partial charge in [0.15, 0.2) is 24.6 Å². The highest BCUT2D eigenvalue weighted by atomic mass is 16.7. The molecule has 460 valence electrons. The Kier molecular flexibility index (Phi) is 51.3. The molecule has 1 aliphatic heterocycles. The number of esters is 3. The number of hydrogen-bond acceptors (Lipinski definition) is 11. The van der Waals surface area contributed by atoms with Crippen LogP contribution in [0.5, 0.6) is 0 Å². The second kappa shape index (κ2) is 55.9. The van der Waals surface area contributed by atoms with Crippen LogP contribution in [-0.4, -0.2) is 89.2 Å². The highest BCUT2D eigenvalue weighted by Crippen LogP contribution is 2.26. The average molecular weight is 1130 g/mol. The zero-order chi connectivity index (χ0) is 58.9. The molecule has 3 N–H and O–H groups in total. The molecule has 0 bridgehead atoms. The molecule has 0 spiro atoms. The van der Waals surface area contributed by atoms with Gasteiger partial charge in [-0.2, -0.15) is 0 Å². The molecule has 1 aliphatic rings. The van der Waals surface area contributed by atoms with E-state index in [0.717, 1.165) is 116 Å². The quantitative estimate of drug-likeness (QED) is 0.0228. The van der Waals surface area contributed by atoms with Gasteiger partial charge in [0.1, 0.15) is 18.8 Å². The van der Waals surface area contributed by atoms with Gasteiger partial charge in [-0.1, -0.05) is 233 Å². The minimum atomic E-state index is -1.92. The third kappa shape index (κ3) is 45.6. The third-order valence-electron chi connectivity index (χ3n) is 13.8. The summed E-state index contributed by atoms with van der Waals surface area (Å²) in [6.07, 6.45) is 63.6. The Hall–Kier alpha value is -4.62. The van der Waals surface area contributed by atoms with Crippen molar-refractivity contribution in [1.29, 1.82) is 0 Å². The van der Waals surface area contributed by atoms with Crippen LogP contribution in [0.25, 0.3) is 0 Å². The van der Waals surface area contributed by atoms with Crippen molar-refractivity contribution in [1.82, 2.24) is 0 Å². The zero-order valence-electron chi connectivity index (χ0n) is 50.7. The van der Waals surface area contributed by atoms with Gasteiger partial charge >= 0.3 is 23.9 Å². The number of ether oxygens (including phenoxy) is 5. The van der Waals surface area contributed by atoms with E-state index < -0.39 is 67.3 Å². The minimum absolute atomic E-state index is 0.0393. The van der Waals surface area contributed by atoms with Gasteiger partial charge in [-0.05, 0) is 109 Å². The molecule has 81 heavy (non-hydrogen) atoms. The predicted octanol–water partition coefficient (Wildman–Crippen LogP) is 17.0. The molecule has 0 radical (unpaired) electrons. The number of allylic oxidation sites excluding steroid dienone is 17. The van der Waals surface area contributed by atoms with Crippen LogP contribution in [0.1, 0.15) is 252 Å². The van der Waals surface area contributed by atoms with Crippen molar-refractivity contribution in [2.75, 3.05) is 13.2 Å². The number of carbonyl (C=O) groups excluding carboxylic acids is 3. The second-order valence-electron chi connectivity index (χ2n) is 21.3. The van der Waals surface area contributed by atoms with Crippen molar-refractivity contribution < 1.29 is 58.2 Å². The van der Waals surface area contributed by atoms with E-state index in [4.69, 9.17) is 23.7 Å². The first-order valence-corrected chi connectivity index (χ1v) is 31.9. The normalized spacial score (nSPS) is 18.5. The molecule has 0 aromatic rings. The van der Waals surface area contributed by atoms with Gasteiger partial charge < -0.3 is 39.0 Å². The summed E-state index contributed by atoms with van der Waals surface area (Å²) < 4.78 is 28.4. The molecule has 12 nitrogen and oxygen atoms in total. The number of hydrogen-bond donors (Lipinski definition) is 3. The molecule has 1 fully saturated rings. The van der Waals surface area contributed by atoms with Gasteiger partial charge in [0.25, 0.3) is 0 Å². The van der Waals surface area contributed by atoms with E-state index in [-0.39, 0.29) is 25.9 Å². The van der Waals surface area contributed by atoms with E-state index in [1.165, 1.54) is 77.0 Å². The summed E-state index contributed by atoms with van der Waals surface area (Å²) in [5, 5.41) is 31.6. The molecule has 12 heteroatoms. The first-order chi connectivity index (χ1) is 39.6. The van der Waals surface area contributed by atoms with E-state index in [1.54, 1.807) is 6.08 Å². The van der Waals surface area contributed by atoms with Crippen LogP contribution in [0.2, 0.25) is 0 Å². The maximum absolute atomic E-state index is 13.1. The van der Waals surface area contributed by atoms with Crippen molar-refractivity contribution in [3.05, 3.63) is 109 Å². The lowest BCUT2D eigenvalue weighted by atomic mass is 9.98. The number of aliphatic hydroxyl groups excluding tert-OH is 2. The number of rotatable bonds is 53. The number of carbonyl (C=O) groups is 4. The lowest BCUT2D eigenvalue weighted by molar-refractivity contribution is -0.301. The molecule has 1 rings (SSSR count). The Bertz CT molecular complexity index is 1820. The van der Waals surface area contributed by atoms with Crippen molar-refractivity contribution in [3.8, 4) is 0 Å². The number of carboxylic acids is 1. The lowest BCUT2D eigenvalue weighted by Gasteiger charge is -2.40. The van der Waals surface area contributed by atoms with Gasteiger partial charge in [0.05, 0.1) is 13.0 Å². The van der Waals surface area contributed by atoms with Gasteiger partial charge in [0, 0.05) is 12.8 Å². The monoisotopic (exact) mass is 1130 g/mol. The van der Waals surface area contributed by atoms with Crippen molar-refractivity contribution in [2.45, 2.75) is 289 Å². The summed E-state index contributed by atoms with van der Waals surface area (Å²) >= 11 is 0. The van der Waals surface area contributed by atoms with Crippen LogP contribution in [0.3, 0.4) is 0 Å². The van der Waals surface area contributed by atoms with Crippen LogP contribution in [0.15, 0.2) is 109 Å². The molecule has 1 heterocycles. The molecule has 6 unspecified atom stereocenters. The van der Waals surface area contributed by atoms with E-state index >= 15 is 0 Å². The largest absolute Gasteiger partial charge is 0.479 e. The highest BCUT2D eigenvalue weighted by Gasteiger charge is 2.50. The summed E-state index contributed by atoms with van der Waals surface area (Å²) in [4.78, 5) is 51.2. The Labute approximate surface area is 491 Å². The summed E-state index contributed by atoms with van der Waals surface area (Å²) in [5.74, 6) is -3.32. The molecule has 0 aliphatic carbocycles. The molecule has 0 amide bonds. The molecule has 0 saturated carbocycles. The zero-order valence-corrected chi connectivity index (χ0v) is 50.7. The van der Waals surface area contributed by atoms with Gasteiger partial charge in [0.2, 0.25) is 0 Å². The SMILES string of the molecule is CC/C=C\C/C=C\C/C=C\C/C=C\C/C=C\CC(=O)OC(COC(=O)CCCCCCCC/C=C\C/C=C\C/C=C\CCCCC)COC1OC(C(=O)O)C(O)C(O)C1OC(=O)CCCCCCCCC/C=C\CCCCCCCC. The molecule has 6 atom stereocenters. The number of carboxylic acid groups (broad SMARTS) is 1. The molecule has 0 aromatic heterocycles. The standard InChI is InChI=1S/C69H112O12/c1-4-7-10-13-16-19-22-25-28-30-31-33-35-37-40-43-46-49-52-55-61(70)77-58-60(79-62(71)56-53-50-47-44-41-38-34-27-24-21-18-15-12-9-6-3)59-78-69-67(65(74)64(73)66(81-69)68(75)76)80-63(72)57-54-51-48-45-42-39-36-32-29-26-23-20-17-14-11-8-5-2/h9,12,16,18-19,21,25-29,31,33-34,41,44,50,53,60,64-67,69,73-74H,4-8,10-11,13-15,17,20,22-24,30,32,35-40,42-43,45-49,51-52,54-59H2,1-3H3,(H,75,76)/b12-9-,19-16-,21-18-,28-25-,29-26-,33-31-,34-27-,44-41-,53-50-. The van der Waals surface area contributed by atoms with Crippen molar-refractivity contribution >= 4 is 23.9 Å². The third-order valence-corrected chi connectivity index (χ3v) is 13.8. The Morgan fingerprint density at radius 1 is 0.432 bits per heavy atom. The van der Waals surface area contributed by atoms with E-state index in [2.05, 4.69) is 106 Å². The minimum Gasteiger partial charge on any atom is -0.479 e. The Balaban J connectivity index is 2.72. The van der Waals surface area contributed by atoms with Crippen LogP contribution < -0.4 is 0 Å². The van der Waals surface area contributed by atoms with E-state index in [1.807, 2.05) is 18.2 Å². The lowest BCUT2D eigenvalue weighted by Crippen LogP contribution is -2.61. The average Bonchev–Trinajstić information content (AvgIpc) is 3.53. The predicted molar refractivity (Wildman–Crippen MR) is 330 cm³/mol. The maximum Gasteiger partial charge on any atom is 0.335 e. The Morgan fingerprint density at radius 3 is 1.28 bits per heavy atom. The van der Waals surface area contributed by atoms with Crippen LogP contribution >= 0.6 is 0 Å². The topological polar surface area (TPSA) is 175 Å². The van der Waals surface area contributed by atoms with Crippen LogP contribution in [-0.2, 0) is 42.9 Å². The van der Waals surface area contributed by atoms with E-state index in [9.17, 15) is 34.5 Å². The van der Waals surface area contributed by atoms with Gasteiger partial charge in [-0.15, -0.1) is 0 Å².